The molecule has 0 radical (unpaired) electrons. The zero-order chi connectivity index (χ0) is 17.6. The van der Waals surface area contributed by atoms with E-state index in [1.807, 2.05) is 18.2 Å². The smallest absolute Gasteiger partial charge is 0.276 e. The van der Waals surface area contributed by atoms with Crippen LogP contribution in [0.4, 0.5) is 11.5 Å². The van der Waals surface area contributed by atoms with E-state index >= 15 is 0 Å². The summed E-state index contributed by atoms with van der Waals surface area (Å²) in [5, 5.41) is 14.5. The molecule has 2 N–H and O–H groups in total. The zero-order valence-corrected chi connectivity index (χ0v) is 14.4. The van der Waals surface area contributed by atoms with Gasteiger partial charge < -0.3 is 10.6 Å². The Kier molecular flexibility index (Phi) is 5.42. The van der Waals surface area contributed by atoms with Crippen molar-refractivity contribution in [3.8, 4) is 0 Å². The van der Waals surface area contributed by atoms with Crippen molar-refractivity contribution in [2.45, 2.75) is 6.54 Å². The van der Waals surface area contributed by atoms with Crippen LogP contribution in [0.2, 0.25) is 10.0 Å². The molecule has 0 spiro atoms. The number of carbonyl (C=O) groups is 1. The SMILES string of the molecule is O=C(Nc1ccc(Cl)c(Cl)c1)c1ccc(NCc2ccccn2)nn1. The first kappa shape index (κ1) is 17.1. The minimum atomic E-state index is -0.387. The van der Waals surface area contributed by atoms with Crippen molar-refractivity contribution >= 4 is 40.6 Å². The summed E-state index contributed by atoms with van der Waals surface area (Å²) in [6, 6.07) is 13.8. The van der Waals surface area contributed by atoms with E-state index in [2.05, 4.69) is 25.8 Å². The topological polar surface area (TPSA) is 79.8 Å². The first-order chi connectivity index (χ1) is 12.1. The second-order valence-electron chi connectivity index (χ2n) is 5.06. The molecule has 1 aromatic carbocycles. The fourth-order valence-electron chi connectivity index (χ4n) is 2.00. The molecule has 0 saturated carbocycles. The van der Waals surface area contributed by atoms with E-state index in [9.17, 15) is 4.79 Å². The van der Waals surface area contributed by atoms with Crippen LogP contribution in [0.3, 0.4) is 0 Å². The predicted molar refractivity (Wildman–Crippen MR) is 98.0 cm³/mol. The highest BCUT2D eigenvalue weighted by Gasteiger charge is 2.10. The number of carbonyl (C=O) groups excluding carboxylic acids is 1. The van der Waals surface area contributed by atoms with Crippen LogP contribution in [0.25, 0.3) is 0 Å². The van der Waals surface area contributed by atoms with E-state index in [-0.39, 0.29) is 11.6 Å². The van der Waals surface area contributed by atoms with Crippen molar-refractivity contribution < 1.29 is 4.79 Å². The molecule has 126 valence electrons. The van der Waals surface area contributed by atoms with Crippen molar-refractivity contribution in [2.75, 3.05) is 10.6 Å². The fourth-order valence-corrected chi connectivity index (χ4v) is 2.30. The van der Waals surface area contributed by atoms with Gasteiger partial charge in [0.15, 0.2) is 5.69 Å². The molecule has 8 heteroatoms. The van der Waals surface area contributed by atoms with Crippen LogP contribution in [0.5, 0.6) is 0 Å². The highest BCUT2D eigenvalue weighted by Crippen LogP contribution is 2.25. The van der Waals surface area contributed by atoms with E-state index in [1.165, 1.54) is 0 Å². The highest BCUT2D eigenvalue weighted by atomic mass is 35.5. The lowest BCUT2D eigenvalue weighted by atomic mass is 10.3. The minimum absolute atomic E-state index is 0.189. The monoisotopic (exact) mass is 373 g/mol. The van der Waals surface area contributed by atoms with Crippen molar-refractivity contribution in [3.05, 3.63) is 76.2 Å². The van der Waals surface area contributed by atoms with Crippen LogP contribution in [-0.2, 0) is 6.54 Å². The van der Waals surface area contributed by atoms with E-state index in [1.54, 1.807) is 36.5 Å². The lowest BCUT2D eigenvalue weighted by molar-refractivity contribution is 0.102. The summed E-state index contributed by atoms with van der Waals surface area (Å²) in [5.74, 6) is 0.166. The molecule has 2 aromatic heterocycles. The maximum absolute atomic E-state index is 12.2. The van der Waals surface area contributed by atoms with Crippen LogP contribution < -0.4 is 10.6 Å². The third-order valence-electron chi connectivity index (χ3n) is 3.25. The van der Waals surface area contributed by atoms with Crippen molar-refractivity contribution in [1.82, 2.24) is 15.2 Å². The van der Waals surface area contributed by atoms with Crippen molar-refractivity contribution in [3.63, 3.8) is 0 Å². The average molecular weight is 374 g/mol. The summed E-state index contributed by atoms with van der Waals surface area (Å²) < 4.78 is 0. The molecule has 2 heterocycles. The van der Waals surface area contributed by atoms with Gasteiger partial charge in [0.1, 0.15) is 5.82 Å². The lowest BCUT2D eigenvalue weighted by Crippen LogP contribution is -2.15. The molecule has 0 atom stereocenters. The number of hydrogen-bond donors (Lipinski definition) is 2. The Labute approximate surface area is 154 Å². The Hall–Kier alpha value is -2.70. The van der Waals surface area contributed by atoms with Crippen LogP contribution in [0.1, 0.15) is 16.2 Å². The van der Waals surface area contributed by atoms with Gasteiger partial charge in [-0.05, 0) is 42.5 Å². The number of anilines is 2. The summed E-state index contributed by atoms with van der Waals surface area (Å²) in [5.41, 5.74) is 1.60. The van der Waals surface area contributed by atoms with Gasteiger partial charge in [-0.15, -0.1) is 10.2 Å². The molecule has 0 unspecified atom stereocenters. The summed E-state index contributed by atoms with van der Waals surface area (Å²) >= 11 is 11.8. The lowest BCUT2D eigenvalue weighted by Gasteiger charge is -2.07. The van der Waals surface area contributed by atoms with Crippen LogP contribution in [0.15, 0.2) is 54.7 Å². The number of pyridine rings is 1. The maximum Gasteiger partial charge on any atom is 0.276 e. The van der Waals surface area contributed by atoms with Gasteiger partial charge in [0.25, 0.3) is 5.91 Å². The molecule has 0 bridgehead atoms. The summed E-state index contributed by atoms with van der Waals surface area (Å²) in [6.07, 6.45) is 1.72. The molecule has 6 nitrogen and oxygen atoms in total. The van der Waals surface area contributed by atoms with Gasteiger partial charge in [-0.1, -0.05) is 29.3 Å². The van der Waals surface area contributed by atoms with Crippen molar-refractivity contribution in [1.29, 1.82) is 0 Å². The third kappa shape index (κ3) is 4.65. The fraction of sp³-hybridized carbons (Fsp3) is 0.0588. The van der Waals surface area contributed by atoms with Gasteiger partial charge in [-0.2, -0.15) is 0 Å². The van der Waals surface area contributed by atoms with E-state index in [0.29, 0.717) is 28.1 Å². The number of aromatic nitrogens is 3. The molecule has 0 saturated heterocycles. The third-order valence-corrected chi connectivity index (χ3v) is 3.99. The van der Waals surface area contributed by atoms with Gasteiger partial charge in [0.05, 0.1) is 22.3 Å². The van der Waals surface area contributed by atoms with E-state index in [4.69, 9.17) is 23.2 Å². The molecule has 1 amide bonds. The van der Waals surface area contributed by atoms with Gasteiger partial charge >= 0.3 is 0 Å². The number of nitrogens with zero attached hydrogens (tertiary/aromatic N) is 3. The zero-order valence-electron chi connectivity index (χ0n) is 12.9. The number of nitrogens with one attached hydrogen (secondary N) is 2. The number of amides is 1. The molecule has 0 fully saturated rings. The number of rotatable bonds is 5. The molecule has 0 aliphatic heterocycles. The van der Waals surface area contributed by atoms with Crippen molar-refractivity contribution in [2.24, 2.45) is 0 Å². The summed E-state index contributed by atoms with van der Waals surface area (Å²) in [6.45, 7) is 0.518. The standard InChI is InChI=1S/C17H13Cl2N5O/c18-13-5-4-11(9-14(13)19)22-17(25)15-6-7-16(24-23-15)21-10-12-3-1-2-8-20-12/h1-9H,10H2,(H,21,24)(H,22,25). The molecular weight excluding hydrogens is 361 g/mol. The first-order valence-corrected chi connectivity index (χ1v) is 8.11. The maximum atomic E-state index is 12.2. The predicted octanol–water partition coefficient (Wildman–Crippen LogP) is 4.04. The van der Waals surface area contributed by atoms with E-state index < -0.39 is 0 Å². The van der Waals surface area contributed by atoms with E-state index in [0.717, 1.165) is 5.69 Å². The van der Waals surface area contributed by atoms with Crippen LogP contribution in [-0.4, -0.2) is 21.1 Å². The molecule has 3 aromatic rings. The molecule has 0 aliphatic carbocycles. The van der Waals surface area contributed by atoms with Gasteiger partial charge in [-0.25, -0.2) is 0 Å². The largest absolute Gasteiger partial charge is 0.363 e. The second-order valence-corrected chi connectivity index (χ2v) is 5.88. The minimum Gasteiger partial charge on any atom is -0.363 e. The Morgan fingerprint density at radius 3 is 2.56 bits per heavy atom. The summed E-state index contributed by atoms with van der Waals surface area (Å²) in [4.78, 5) is 16.4. The number of hydrogen-bond acceptors (Lipinski definition) is 5. The van der Waals surface area contributed by atoms with Gasteiger partial charge in [0, 0.05) is 11.9 Å². The second kappa shape index (κ2) is 7.92. The Bertz CT molecular complexity index is 872. The average Bonchev–Trinajstić information content (AvgIpc) is 2.64. The highest BCUT2D eigenvalue weighted by molar-refractivity contribution is 6.42. The molecule has 25 heavy (non-hydrogen) atoms. The molecule has 3 rings (SSSR count). The van der Waals surface area contributed by atoms with Crippen LogP contribution >= 0.6 is 23.2 Å². The Morgan fingerprint density at radius 2 is 1.88 bits per heavy atom. The molecular formula is C17H13Cl2N5O. The number of benzene rings is 1. The van der Waals surface area contributed by atoms with Gasteiger partial charge in [0.2, 0.25) is 0 Å². The van der Waals surface area contributed by atoms with Gasteiger partial charge in [-0.3, -0.25) is 9.78 Å². The molecule has 0 aliphatic rings. The Balaban J connectivity index is 1.61. The van der Waals surface area contributed by atoms with Crippen LogP contribution in [0, 0.1) is 0 Å². The first-order valence-electron chi connectivity index (χ1n) is 7.36. The Morgan fingerprint density at radius 1 is 1.00 bits per heavy atom. The normalized spacial score (nSPS) is 10.3. The quantitative estimate of drug-likeness (QED) is 0.705. The summed E-state index contributed by atoms with van der Waals surface area (Å²) in [7, 11) is 0. The number of halogens is 2.